The molecule has 20 heavy (non-hydrogen) atoms. The minimum Gasteiger partial charge on any atom is -0.448 e. The fourth-order valence-electron chi connectivity index (χ4n) is 3.38. The molecule has 1 spiro atoms. The molecule has 0 bridgehead atoms. The zero-order valence-electron chi connectivity index (χ0n) is 11.6. The van der Waals surface area contributed by atoms with Crippen LogP contribution in [0, 0.1) is 5.92 Å². The molecule has 4 heteroatoms. The van der Waals surface area contributed by atoms with E-state index in [0.29, 0.717) is 0 Å². The van der Waals surface area contributed by atoms with E-state index >= 15 is 0 Å². The van der Waals surface area contributed by atoms with Gasteiger partial charge in [0.25, 0.3) is 5.79 Å². The first-order valence-corrected chi connectivity index (χ1v) is 8.03. The number of hydrogen-bond donors (Lipinski definition) is 1. The highest BCUT2D eigenvalue weighted by Gasteiger charge is 2.47. The van der Waals surface area contributed by atoms with Crippen molar-refractivity contribution in [3.63, 3.8) is 0 Å². The third-order valence-electron chi connectivity index (χ3n) is 4.79. The Morgan fingerprint density at radius 2 is 1.85 bits per heavy atom. The lowest BCUT2D eigenvalue weighted by Crippen LogP contribution is -2.45. The van der Waals surface area contributed by atoms with Crippen LogP contribution in [-0.2, 0) is 6.42 Å². The molecule has 0 atom stereocenters. The predicted molar refractivity (Wildman–Crippen MR) is 78.6 cm³/mol. The molecule has 4 rings (SSSR count). The molecule has 3 aliphatic rings. The van der Waals surface area contributed by atoms with Crippen molar-refractivity contribution in [2.45, 2.75) is 44.3 Å². The Kier molecular flexibility index (Phi) is 3.08. The maximum Gasteiger partial charge on any atom is 0.251 e. The van der Waals surface area contributed by atoms with Crippen molar-refractivity contribution in [2.75, 3.05) is 13.1 Å². The first-order valence-electron chi connectivity index (χ1n) is 7.65. The van der Waals surface area contributed by atoms with Crippen LogP contribution < -0.4 is 14.8 Å². The molecule has 2 fully saturated rings. The monoisotopic (exact) mass is 293 g/mol. The molecule has 1 N–H and O–H groups in total. The maximum atomic E-state index is 6.43. The number of benzene rings is 1. The smallest absolute Gasteiger partial charge is 0.251 e. The van der Waals surface area contributed by atoms with Gasteiger partial charge in [-0.3, -0.25) is 0 Å². The van der Waals surface area contributed by atoms with E-state index in [-0.39, 0.29) is 5.79 Å². The molecule has 1 saturated carbocycles. The van der Waals surface area contributed by atoms with E-state index < -0.39 is 0 Å². The number of hydrogen-bond acceptors (Lipinski definition) is 3. The number of fused-ring (bicyclic) bond motifs is 1. The standard InChI is InChI=1S/C16H20ClNO2/c17-13-10-15-14(19-16(20-15)4-1-5-16)9-12(13)8-11-2-6-18-7-3-11/h9-11,18H,1-8H2. The second-order valence-corrected chi connectivity index (χ2v) is 6.66. The second kappa shape index (κ2) is 4.81. The summed E-state index contributed by atoms with van der Waals surface area (Å²) in [5.74, 6) is 2.08. The van der Waals surface area contributed by atoms with Gasteiger partial charge < -0.3 is 14.8 Å². The topological polar surface area (TPSA) is 30.5 Å². The van der Waals surface area contributed by atoms with Crippen LogP contribution in [0.4, 0.5) is 0 Å². The van der Waals surface area contributed by atoms with Gasteiger partial charge in [0.05, 0.1) is 0 Å². The van der Waals surface area contributed by atoms with Crippen molar-refractivity contribution in [3.05, 3.63) is 22.7 Å². The normalized spacial score (nSPS) is 23.9. The molecular weight excluding hydrogens is 274 g/mol. The summed E-state index contributed by atoms with van der Waals surface area (Å²) in [4.78, 5) is 0. The van der Waals surface area contributed by atoms with E-state index in [1.54, 1.807) is 0 Å². The first kappa shape index (κ1) is 12.8. The summed E-state index contributed by atoms with van der Waals surface area (Å²) < 4.78 is 12.0. The molecule has 1 aliphatic carbocycles. The van der Waals surface area contributed by atoms with Crippen molar-refractivity contribution in [3.8, 4) is 11.5 Å². The quantitative estimate of drug-likeness (QED) is 0.905. The lowest BCUT2D eigenvalue weighted by Gasteiger charge is -2.35. The molecule has 1 aromatic rings. The zero-order chi connectivity index (χ0) is 13.6. The Morgan fingerprint density at radius 3 is 2.50 bits per heavy atom. The molecule has 2 heterocycles. The Labute approximate surface area is 124 Å². The Hall–Kier alpha value is -0.930. The van der Waals surface area contributed by atoms with Gasteiger partial charge in [-0.05, 0) is 56.3 Å². The number of piperidine rings is 1. The summed E-state index contributed by atoms with van der Waals surface area (Å²) in [6, 6.07) is 4.05. The summed E-state index contributed by atoms with van der Waals surface area (Å²) in [6.07, 6.45) is 6.67. The molecule has 0 unspecified atom stereocenters. The molecule has 2 aliphatic heterocycles. The van der Waals surface area contributed by atoms with Gasteiger partial charge >= 0.3 is 0 Å². The highest BCUT2D eigenvalue weighted by molar-refractivity contribution is 6.31. The molecule has 0 radical (unpaired) electrons. The largest absolute Gasteiger partial charge is 0.448 e. The molecule has 1 saturated heterocycles. The van der Waals surface area contributed by atoms with E-state index in [2.05, 4.69) is 11.4 Å². The van der Waals surface area contributed by atoms with E-state index in [4.69, 9.17) is 21.1 Å². The van der Waals surface area contributed by atoms with E-state index in [1.807, 2.05) is 6.07 Å². The van der Waals surface area contributed by atoms with Gasteiger partial charge in [-0.1, -0.05) is 11.6 Å². The number of nitrogens with one attached hydrogen (secondary N) is 1. The fraction of sp³-hybridized carbons (Fsp3) is 0.625. The van der Waals surface area contributed by atoms with Crippen molar-refractivity contribution >= 4 is 11.6 Å². The van der Waals surface area contributed by atoms with Crippen molar-refractivity contribution < 1.29 is 9.47 Å². The summed E-state index contributed by atoms with van der Waals surface area (Å²) in [6.45, 7) is 2.24. The number of halogens is 1. The molecule has 108 valence electrons. The van der Waals surface area contributed by atoms with Crippen LogP contribution in [0.1, 0.15) is 37.7 Å². The minimum absolute atomic E-state index is 0.362. The van der Waals surface area contributed by atoms with Crippen LogP contribution >= 0.6 is 11.6 Å². The minimum atomic E-state index is -0.362. The number of ether oxygens (including phenoxy) is 2. The average Bonchev–Trinajstić information content (AvgIpc) is 2.79. The highest BCUT2D eigenvalue weighted by atomic mass is 35.5. The second-order valence-electron chi connectivity index (χ2n) is 6.26. The van der Waals surface area contributed by atoms with Gasteiger partial charge in [-0.15, -0.1) is 0 Å². The highest BCUT2D eigenvalue weighted by Crippen LogP contribution is 2.49. The van der Waals surface area contributed by atoms with Crippen LogP contribution in [0.15, 0.2) is 12.1 Å². The summed E-state index contributed by atoms with van der Waals surface area (Å²) in [7, 11) is 0. The van der Waals surface area contributed by atoms with Crippen molar-refractivity contribution in [2.24, 2.45) is 5.92 Å². The van der Waals surface area contributed by atoms with Crippen LogP contribution in [0.25, 0.3) is 0 Å². The van der Waals surface area contributed by atoms with Gasteiger partial charge in [-0.2, -0.15) is 0 Å². The average molecular weight is 294 g/mol. The molecule has 0 aromatic heterocycles. The summed E-state index contributed by atoms with van der Waals surface area (Å²) in [5.41, 5.74) is 1.21. The SMILES string of the molecule is Clc1cc2c(cc1CC1CCNCC1)OC1(CCC1)O2. The number of rotatable bonds is 2. The van der Waals surface area contributed by atoms with Gasteiger partial charge in [0.2, 0.25) is 0 Å². The molecule has 0 amide bonds. The predicted octanol–water partition coefficient (Wildman–Crippen LogP) is 3.53. The van der Waals surface area contributed by atoms with Gasteiger partial charge in [0.1, 0.15) is 0 Å². The van der Waals surface area contributed by atoms with E-state index in [1.165, 1.54) is 24.8 Å². The van der Waals surface area contributed by atoms with Gasteiger partial charge in [0.15, 0.2) is 11.5 Å². The van der Waals surface area contributed by atoms with Crippen LogP contribution in [0.2, 0.25) is 5.02 Å². The Morgan fingerprint density at radius 1 is 1.15 bits per heavy atom. The van der Waals surface area contributed by atoms with Crippen molar-refractivity contribution in [1.82, 2.24) is 5.32 Å². The Balaban J connectivity index is 1.54. The lowest BCUT2D eigenvalue weighted by molar-refractivity contribution is -0.138. The van der Waals surface area contributed by atoms with Crippen LogP contribution in [0.5, 0.6) is 11.5 Å². The first-order chi connectivity index (χ1) is 9.74. The molecule has 1 aromatic carbocycles. The lowest BCUT2D eigenvalue weighted by atomic mass is 9.91. The third kappa shape index (κ3) is 2.17. The maximum absolute atomic E-state index is 6.43. The van der Waals surface area contributed by atoms with Crippen molar-refractivity contribution in [1.29, 1.82) is 0 Å². The fourth-order valence-corrected chi connectivity index (χ4v) is 3.61. The van der Waals surface area contributed by atoms with Crippen LogP contribution in [-0.4, -0.2) is 18.9 Å². The Bertz CT molecular complexity index is 521. The van der Waals surface area contributed by atoms with E-state index in [0.717, 1.165) is 54.8 Å². The summed E-state index contributed by atoms with van der Waals surface area (Å²) >= 11 is 6.43. The molecule has 3 nitrogen and oxygen atoms in total. The van der Waals surface area contributed by atoms with Gasteiger partial charge in [-0.25, -0.2) is 0 Å². The third-order valence-corrected chi connectivity index (χ3v) is 5.14. The van der Waals surface area contributed by atoms with E-state index in [9.17, 15) is 0 Å². The summed E-state index contributed by atoms with van der Waals surface area (Å²) in [5, 5.41) is 4.23. The van der Waals surface area contributed by atoms with Crippen LogP contribution in [0.3, 0.4) is 0 Å². The zero-order valence-corrected chi connectivity index (χ0v) is 12.3. The molecular formula is C16H20ClNO2. The van der Waals surface area contributed by atoms with Gasteiger partial charge in [0, 0.05) is 23.9 Å².